The van der Waals surface area contributed by atoms with Crippen molar-refractivity contribution in [2.24, 2.45) is 0 Å². The van der Waals surface area contributed by atoms with Crippen molar-refractivity contribution in [1.29, 1.82) is 0 Å². The van der Waals surface area contributed by atoms with E-state index in [-0.39, 0.29) is 5.91 Å². The minimum absolute atomic E-state index is 0.0765. The van der Waals surface area contributed by atoms with Gasteiger partial charge in [-0.1, -0.05) is 12.8 Å². The van der Waals surface area contributed by atoms with Crippen LogP contribution >= 0.6 is 38.5 Å². The zero-order valence-electron chi connectivity index (χ0n) is 10.0. The van der Waals surface area contributed by atoms with Crippen LogP contribution < -0.4 is 10.6 Å². The Hall–Kier alpha value is -0.300. The Labute approximate surface area is 129 Å². The van der Waals surface area contributed by atoms with Crippen molar-refractivity contribution in [2.45, 2.75) is 31.7 Å². The number of benzene rings is 1. The fraction of sp³-hybridized carbons (Fsp3) is 0.462. The van der Waals surface area contributed by atoms with Crippen LogP contribution in [0.2, 0.25) is 0 Å². The van der Waals surface area contributed by atoms with E-state index in [9.17, 15) is 4.79 Å². The molecule has 1 aliphatic carbocycles. The summed E-state index contributed by atoms with van der Waals surface area (Å²) in [6, 6.07) is 6.42. The van der Waals surface area contributed by atoms with E-state index >= 15 is 0 Å². The second-order valence-corrected chi connectivity index (χ2v) is 6.63. The van der Waals surface area contributed by atoms with Gasteiger partial charge in [0.05, 0.1) is 6.54 Å². The number of nitrogens with one attached hydrogen (secondary N) is 2. The van der Waals surface area contributed by atoms with E-state index in [0.717, 1.165) is 26.6 Å². The third-order valence-corrected chi connectivity index (χ3v) is 4.45. The van der Waals surface area contributed by atoms with Crippen molar-refractivity contribution in [1.82, 2.24) is 5.32 Å². The zero-order chi connectivity index (χ0) is 13.0. The zero-order valence-corrected chi connectivity index (χ0v) is 13.8. The molecule has 0 aliphatic heterocycles. The fourth-order valence-corrected chi connectivity index (χ4v) is 3.04. The molecule has 0 spiro atoms. The molecule has 0 saturated heterocycles. The Morgan fingerprint density at radius 2 is 2.11 bits per heavy atom. The lowest BCUT2D eigenvalue weighted by Gasteiger charge is -2.13. The lowest BCUT2D eigenvalue weighted by atomic mass is 10.2. The number of halogens is 2. The molecule has 0 unspecified atom stereocenters. The average Bonchev–Trinajstić information content (AvgIpc) is 2.83. The Bertz CT molecular complexity index is 433. The summed E-state index contributed by atoms with van der Waals surface area (Å²) >= 11 is 5.73. The lowest BCUT2D eigenvalue weighted by Crippen LogP contribution is -2.36. The molecule has 1 fully saturated rings. The summed E-state index contributed by atoms with van der Waals surface area (Å²) in [5, 5.41) is 6.23. The van der Waals surface area contributed by atoms with Crippen LogP contribution in [-0.4, -0.2) is 18.5 Å². The van der Waals surface area contributed by atoms with Crippen molar-refractivity contribution in [2.75, 3.05) is 11.9 Å². The molecule has 2 N–H and O–H groups in total. The molecule has 1 aromatic carbocycles. The summed E-state index contributed by atoms with van der Waals surface area (Å²) in [6.07, 6.45) is 4.72. The summed E-state index contributed by atoms with van der Waals surface area (Å²) in [6.45, 7) is 0.329. The number of amides is 1. The summed E-state index contributed by atoms with van der Waals surface area (Å²) < 4.78 is 2.13. The molecule has 98 valence electrons. The van der Waals surface area contributed by atoms with Crippen LogP contribution in [0.15, 0.2) is 22.7 Å². The molecule has 1 aliphatic rings. The van der Waals surface area contributed by atoms with Crippen molar-refractivity contribution < 1.29 is 4.79 Å². The number of carbonyl (C=O) groups excluding carboxylic acids is 1. The van der Waals surface area contributed by atoms with E-state index < -0.39 is 0 Å². The van der Waals surface area contributed by atoms with Gasteiger partial charge in [-0.2, -0.15) is 0 Å². The van der Waals surface area contributed by atoms with Crippen LogP contribution in [0.5, 0.6) is 0 Å². The summed E-state index contributed by atoms with van der Waals surface area (Å²) in [7, 11) is 0. The first-order valence-corrected chi connectivity index (χ1v) is 8.00. The average molecular weight is 423 g/mol. The Morgan fingerprint density at radius 1 is 1.39 bits per heavy atom. The van der Waals surface area contributed by atoms with Crippen LogP contribution in [0.3, 0.4) is 0 Å². The normalized spacial score (nSPS) is 15.7. The molecule has 0 radical (unpaired) electrons. The minimum Gasteiger partial charge on any atom is -0.375 e. The number of hydrogen-bond acceptors (Lipinski definition) is 2. The first-order valence-electron chi connectivity index (χ1n) is 6.13. The molecule has 1 saturated carbocycles. The molecule has 18 heavy (non-hydrogen) atoms. The molecule has 0 heterocycles. The second kappa shape index (κ2) is 6.75. The second-order valence-electron chi connectivity index (χ2n) is 4.53. The highest BCUT2D eigenvalue weighted by Crippen LogP contribution is 2.24. The van der Waals surface area contributed by atoms with Crippen LogP contribution in [0, 0.1) is 3.57 Å². The predicted octanol–water partition coefficient (Wildman–Crippen LogP) is 3.52. The quantitative estimate of drug-likeness (QED) is 0.729. The highest BCUT2D eigenvalue weighted by atomic mass is 127. The van der Waals surface area contributed by atoms with Crippen molar-refractivity contribution >= 4 is 50.1 Å². The summed E-state index contributed by atoms with van der Waals surface area (Å²) in [4.78, 5) is 11.8. The van der Waals surface area contributed by atoms with E-state index in [4.69, 9.17) is 0 Å². The molecule has 0 atom stereocenters. The molecule has 1 amide bonds. The fourth-order valence-electron chi connectivity index (χ4n) is 2.16. The lowest BCUT2D eigenvalue weighted by molar-refractivity contribution is -0.120. The van der Waals surface area contributed by atoms with Crippen molar-refractivity contribution in [3.8, 4) is 0 Å². The van der Waals surface area contributed by atoms with Crippen molar-refractivity contribution in [3.05, 3.63) is 26.2 Å². The first-order chi connectivity index (χ1) is 8.65. The van der Waals surface area contributed by atoms with Gasteiger partial charge in [0.25, 0.3) is 0 Å². The molecular weight excluding hydrogens is 407 g/mol. The van der Waals surface area contributed by atoms with Gasteiger partial charge in [0.1, 0.15) is 0 Å². The van der Waals surface area contributed by atoms with Gasteiger partial charge in [0, 0.05) is 19.8 Å². The maximum atomic E-state index is 11.8. The van der Waals surface area contributed by atoms with Crippen LogP contribution in [0.4, 0.5) is 5.69 Å². The Balaban J connectivity index is 1.83. The van der Waals surface area contributed by atoms with E-state index in [1.165, 1.54) is 12.8 Å². The molecule has 0 bridgehead atoms. The van der Waals surface area contributed by atoms with Gasteiger partial charge in [0.15, 0.2) is 0 Å². The van der Waals surface area contributed by atoms with Gasteiger partial charge >= 0.3 is 0 Å². The topological polar surface area (TPSA) is 41.1 Å². The van der Waals surface area contributed by atoms with E-state index in [0.29, 0.717) is 12.6 Å². The monoisotopic (exact) mass is 422 g/mol. The third-order valence-electron chi connectivity index (χ3n) is 3.09. The molecule has 2 rings (SSSR count). The van der Waals surface area contributed by atoms with Gasteiger partial charge in [-0.3, -0.25) is 4.79 Å². The van der Waals surface area contributed by atoms with Crippen LogP contribution in [0.1, 0.15) is 25.7 Å². The molecule has 1 aromatic rings. The van der Waals surface area contributed by atoms with Gasteiger partial charge in [0.2, 0.25) is 5.91 Å². The maximum Gasteiger partial charge on any atom is 0.239 e. The minimum atomic E-state index is 0.0765. The van der Waals surface area contributed by atoms with E-state index in [1.54, 1.807) is 0 Å². The molecule has 0 aromatic heterocycles. The highest BCUT2D eigenvalue weighted by molar-refractivity contribution is 14.1. The number of anilines is 1. The van der Waals surface area contributed by atoms with Gasteiger partial charge in [-0.05, 0) is 69.6 Å². The smallest absolute Gasteiger partial charge is 0.239 e. The molecule has 5 heteroatoms. The number of rotatable bonds is 4. The number of carbonyl (C=O) groups is 1. The van der Waals surface area contributed by atoms with Crippen LogP contribution in [-0.2, 0) is 4.79 Å². The Kier molecular flexibility index (Phi) is 5.29. The van der Waals surface area contributed by atoms with Gasteiger partial charge in [-0.25, -0.2) is 0 Å². The molecule has 3 nitrogen and oxygen atoms in total. The highest BCUT2D eigenvalue weighted by Gasteiger charge is 2.16. The SMILES string of the molecule is O=C(CNc1cc(I)ccc1Br)NC1CCCC1. The summed E-state index contributed by atoms with van der Waals surface area (Å²) in [5.74, 6) is 0.0765. The van der Waals surface area contributed by atoms with Gasteiger partial charge in [-0.15, -0.1) is 0 Å². The number of hydrogen-bond donors (Lipinski definition) is 2. The van der Waals surface area contributed by atoms with E-state index in [1.807, 2.05) is 18.2 Å². The Morgan fingerprint density at radius 3 is 2.83 bits per heavy atom. The standard InChI is InChI=1S/C13H16BrIN2O/c14-11-6-5-9(15)7-12(11)16-8-13(18)17-10-3-1-2-4-10/h5-7,10,16H,1-4,8H2,(H,17,18). The van der Waals surface area contributed by atoms with Crippen molar-refractivity contribution in [3.63, 3.8) is 0 Å². The summed E-state index contributed by atoms with van der Waals surface area (Å²) in [5.41, 5.74) is 0.962. The van der Waals surface area contributed by atoms with E-state index in [2.05, 4.69) is 49.2 Å². The maximum absolute atomic E-state index is 11.8. The van der Waals surface area contributed by atoms with Gasteiger partial charge < -0.3 is 10.6 Å². The predicted molar refractivity (Wildman–Crippen MR) is 85.7 cm³/mol. The molecular formula is C13H16BrIN2O. The van der Waals surface area contributed by atoms with Crippen LogP contribution in [0.25, 0.3) is 0 Å². The third kappa shape index (κ3) is 4.12. The first kappa shape index (κ1) is 14.1. The largest absolute Gasteiger partial charge is 0.375 e.